The summed E-state index contributed by atoms with van der Waals surface area (Å²) >= 11 is 0. The molecule has 2 fully saturated rings. The number of hydrogen-bond donors (Lipinski definition) is 1. The Kier molecular flexibility index (Phi) is 4.21. The zero-order chi connectivity index (χ0) is 13.3. The summed E-state index contributed by atoms with van der Waals surface area (Å²) in [6, 6.07) is 0.120. The van der Waals surface area contributed by atoms with Crippen molar-refractivity contribution < 1.29 is 24.1 Å². The van der Waals surface area contributed by atoms with Gasteiger partial charge in [0, 0.05) is 13.2 Å². The van der Waals surface area contributed by atoms with E-state index in [1.54, 1.807) is 7.11 Å². The number of hydrogen-bond acceptors (Lipinski definition) is 6. The summed E-state index contributed by atoms with van der Waals surface area (Å²) in [5, 5.41) is 10.1. The highest BCUT2D eigenvalue weighted by molar-refractivity contribution is 5.74. The summed E-state index contributed by atoms with van der Waals surface area (Å²) in [4.78, 5) is 14.0. The van der Waals surface area contributed by atoms with Gasteiger partial charge in [0.15, 0.2) is 0 Å². The van der Waals surface area contributed by atoms with Crippen LogP contribution in [0.1, 0.15) is 12.8 Å². The average molecular weight is 259 g/mol. The fourth-order valence-corrected chi connectivity index (χ4v) is 3.23. The number of likely N-dealkylation sites (N-methyl/N-ethyl adjacent to an activating group) is 1. The monoisotopic (exact) mass is 259 g/mol. The average Bonchev–Trinajstić information content (AvgIpc) is 2.56. The molecule has 0 spiro atoms. The molecule has 0 aromatic heterocycles. The maximum Gasteiger partial charge on any atom is 0.313 e. The summed E-state index contributed by atoms with van der Waals surface area (Å²) in [5.74, 6) is -0.911. The molecule has 2 aliphatic heterocycles. The molecular weight excluding hydrogens is 238 g/mol. The molecule has 2 rings (SSSR count). The normalized spacial score (nSPS) is 39.9. The maximum absolute atomic E-state index is 11.8. The van der Waals surface area contributed by atoms with Crippen molar-refractivity contribution in [3.63, 3.8) is 0 Å². The van der Waals surface area contributed by atoms with Crippen LogP contribution in [0.3, 0.4) is 0 Å². The summed E-state index contributed by atoms with van der Waals surface area (Å²) in [7, 11) is 4.88. The molecule has 6 nitrogen and oxygen atoms in total. The first-order chi connectivity index (χ1) is 8.60. The molecule has 5 unspecified atom stereocenters. The molecule has 2 saturated heterocycles. The second-order valence-electron chi connectivity index (χ2n) is 5.01. The lowest BCUT2D eigenvalue weighted by molar-refractivity contribution is -0.161. The van der Waals surface area contributed by atoms with Gasteiger partial charge in [-0.15, -0.1) is 0 Å². The lowest BCUT2D eigenvalue weighted by Crippen LogP contribution is -2.54. The number of methoxy groups -OCH3 is 2. The van der Waals surface area contributed by atoms with Crippen LogP contribution in [0.25, 0.3) is 0 Å². The van der Waals surface area contributed by atoms with E-state index >= 15 is 0 Å². The van der Waals surface area contributed by atoms with Gasteiger partial charge in [0.25, 0.3) is 0 Å². The molecule has 2 bridgehead atoms. The Bertz CT molecular complexity index is 311. The molecule has 0 amide bonds. The number of piperidine rings is 1. The van der Waals surface area contributed by atoms with Crippen molar-refractivity contribution in [3.05, 3.63) is 0 Å². The van der Waals surface area contributed by atoms with Crippen LogP contribution in [0.2, 0.25) is 0 Å². The minimum Gasteiger partial charge on any atom is -0.469 e. The van der Waals surface area contributed by atoms with Crippen LogP contribution in [-0.4, -0.2) is 68.3 Å². The molecule has 18 heavy (non-hydrogen) atoms. The Balaban J connectivity index is 2.16. The third-order valence-corrected chi connectivity index (χ3v) is 4.10. The number of carbonyl (C=O) groups is 1. The van der Waals surface area contributed by atoms with Crippen molar-refractivity contribution >= 4 is 5.97 Å². The van der Waals surface area contributed by atoms with E-state index in [0.717, 1.165) is 6.42 Å². The smallest absolute Gasteiger partial charge is 0.313 e. The molecule has 104 valence electrons. The van der Waals surface area contributed by atoms with Gasteiger partial charge in [-0.05, 0) is 19.9 Å². The first-order valence-electron chi connectivity index (χ1n) is 6.18. The van der Waals surface area contributed by atoms with Crippen molar-refractivity contribution in [2.24, 2.45) is 5.92 Å². The largest absolute Gasteiger partial charge is 0.469 e. The van der Waals surface area contributed by atoms with Crippen LogP contribution < -0.4 is 0 Å². The van der Waals surface area contributed by atoms with E-state index in [9.17, 15) is 9.90 Å². The van der Waals surface area contributed by atoms with Crippen LogP contribution in [0.5, 0.6) is 0 Å². The van der Waals surface area contributed by atoms with E-state index in [4.69, 9.17) is 14.2 Å². The minimum atomic E-state index is -0.653. The third kappa shape index (κ3) is 2.25. The Hall–Kier alpha value is -0.690. The van der Waals surface area contributed by atoms with Gasteiger partial charge in [0.1, 0.15) is 12.7 Å². The van der Waals surface area contributed by atoms with Crippen molar-refractivity contribution in [1.29, 1.82) is 0 Å². The van der Waals surface area contributed by atoms with E-state index in [1.807, 2.05) is 7.05 Å². The molecule has 6 heteroatoms. The molecule has 5 atom stereocenters. The minimum absolute atomic E-state index is 0.0961. The lowest BCUT2D eigenvalue weighted by atomic mass is 9.87. The zero-order valence-electron chi connectivity index (χ0n) is 11.0. The SMILES string of the molecule is COCOC1CC2CC(O)C(C(=O)OC)C1N2C. The topological polar surface area (TPSA) is 68.2 Å². The van der Waals surface area contributed by atoms with Crippen molar-refractivity contribution in [2.75, 3.05) is 28.1 Å². The fraction of sp³-hybridized carbons (Fsp3) is 0.917. The predicted octanol–water partition coefficient (Wildman–Crippen LogP) is -0.398. The van der Waals surface area contributed by atoms with E-state index in [-0.39, 0.29) is 30.9 Å². The Labute approximate surface area is 107 Å². The summed E-state index contributed by atoms with van der Waals surface area (Å²) in [6.45, 7) is 0.200. The Morgan fingerprint density at radius 2 is 2.11 bits per heavy atom. The molecule has 1 N–H and O–H groups in total. The summed E-state index contributed by atoms with van der Waals surface area (Å²) < 4.78 is 15.3. The summed E-state index contributed by atoms with van der Waals surface area (Å²) in [5.41, 5.74) is 0. The molecule has 0 saturated carbocycles. The van der Waals surface area contributed by atoms with Crippen LogP contribution >= 0.6 is 0 Å². The standard InChI is InChI=1S/C12H21NO5/c1-13-7-4-8(14)10(12(15)17-3)11(13)9(5-7)18-6-16-2/h7-11,14H,4-6H2,1-3H3. The quantitative estimate of drug-likeness (QED) is 0.547. The van der Waals surface area contributed by atoms with Gasteiger partial charge >= 0.3 is 5.97 Å². The highest BCUT2D eigenvalue weighted by Crippen LogP contribution is 2.40. The van der Waals surface area contributed by atoms with E-state index in [0.29, 0.717) is 6.42 Å². The molecule has 0 aromatic carbocycles. The lowest BCUT2D eigenvalue weighted by Gasteiger charge is -2.40. The van der Waals surface area contributed by atoms with Gasteiger partial charge in [0.2, 0.25) is 0 Å². The van der Waals surface area contributed by atoms with Gasteiger partial charge in [-0.25, -0.2) is 0 Å². The van der Waals surface area contributed by atoms with Crippen LogP contribution in [0.15, 0.2) is 0 Å². The zero-order valence-corrected chi connectivity index (χ0v) is 11.0. The van der Waals surface area contributed by atoms with Crippen molar-refractivity contribution in [3.8, 4) is 0 Å². The van der Waals surface area contributed by atoms with E-state index in [1.165, 1.54) is 7.11 Å². The molecule has 0 radical (unpaired) electrons. The fourth-order valence-electron chi connectivity index (χ4n) is 3.23. The Morgan fingerprint density at radius 3 is 2.72 bits per heavy atom. The second-order valence-corrected chi connectivity index (χ2v) is 5.01. The van der Waals surface area contributed by atoms with Gasteiger partial charge in [-0.1, -0.05) is 0 Å². The van der Waals surface area contributed by atoms with E-state index < -0.39 is 12.0 Å². The van der Waals surface area contributed by atoms with Crippen molar-refractivity contribution in [1.82, 2.24) is 4.90 Å². The van der Waals surface area contributed by atoms with E-state index in [2.05, 4.69) is 4.90 Å². The molecule has 2 heterocycles. The molecule has 0 aromatic rings. The number of rotatable bonds is 4. The second kappa shape index (κ2) is 5.52. The highest BCUT2D eigenvalue weighted by Gasteiger charge is 2.54. The molecule has 2 aliphatic rings. The predicted molar refractivity (Wildman–Crippen MR) is 62.8 cm³/mol. The number of aliphatic hydroxyl groups excluding tert-OH is 1. The van der Waals surface area contributed by atoms with Crippen molar-refractivity contribution in [2.45, 2.75) is 37.1 Å². The molecular formula is C12H21NO5. The number of aliphatic hydroxyl groups is 1. The van der Waals surface area contributed by atoms with Crippen LogP contribution in [0, 0.1) is 5.92 Å². The molecule has 0 aliphatic carbocycles. The number of fused-ring (bicyclic) bond motifs is 2. The number of nitrogens with zero attached hydrogens (tertiary/aromatic N) is 1. The van der Waals surface area contributed by atoms with Gasteiger partial charge in [0.05, 0.1) is 25.4 Å². The first-order valence-corrected chi connectivity index (χ1v) is 6.18. The Morgan fingerprint density at radius 1 is 1.39 bits per heavy atom. The van der Waals surface area contributed by atoms with Crippen LogP contribution in [0.4, 0.5) is 0 Å². The highest BCUT2D eigenvalue weighted by atomic mass is 16.7. The van der Waals surface area contributed by atoms with Gasteiger partial charge in [-0.2, -0.15) is 0 Å². The summed E-state index contributed by atoms with van der Waals surface area (Å²) in [6.07, 6.45) is 0.648. The van der Waals surface area contributed by atoms with Crippen LogP contribution in [-0.2, 0) is 19.0 Å². The first kappa shape index (κ1) is 13.7. The van der Waals surface area contributed by atoms with Gasteiger partial charge in [-0.3, -0.25) is 9.69 Å². The number of ether oxygens (including phenoxy) is 3. The van der Waals surface area contributed by atoms with Gasteiger partial charge < -0.3 is 19.3 Å². The third-order valence-electron chi connectivity index (χ3n) is 4.10. The number of esters is 1. The maximum atomic E-state index is 11.8. The number of carbonyl (C=O) groups excluding carboxylic acids is 1.